The van der Waals surface area contributed by atoms with E-state index in [1.165, 1.54) is 0 Å². The molecule has 0 saturated heterocycles. The van der Waals surface area contributed by atoms with E-state index in [1.54, 1.807) is 25.1 Å². The fraction of sp³-hybridized carbons (Fsp3) is 0.364. The summed E-state index contributed by atoms with van der Waals surface area (Å²) in [6.07, 6.45) is -0.514. The molecule has 0 radical (unpaired) electrons. The van der Waals surface area contributed by atoms with E-state index in [0.29, 0.717) is 5.56 Å². The second-order valence-electron chi connectivity index (χ2n) is 3.46. The smallest absolute Gasteiger partial charge is 0.0992 e. The topological polar surface area (TPSA) is 47.3 Å². The molecule has 0 aliphatic carbocycles. The van der Waals surface area contributed by atoms with E-state index in [9.17, 15) is 5.11 Å². The van der Waals surface area contributed by atoms with Gasteiger partial charge in [-0.1, -0.05) is 6.07 Å². The zero-order valence-corrected chi connectivity index (χ0v) is 8.65. The largest absolute Gasteiger partial charge is 0.389 e. The van der Waals surface area contributed by atoms with Gasteiger partial charge in [-0.25, -0.2) is 0 Å². The average molecular weight is 190 g/mol. The summed E-state index contributed by atoms with van der Waals surface area (Å²) < 4.78 is 0. The van der Waals surface area contributed by atoms with Crippen LogP contribution in [0.1, 0.15) is 24.2 Å². The van der Waals surface area contributed by atoms with Crippen molar-refractivity contribution in [3.8, 4) is 6.07 Å². The van der Waals surface area contributed by atoms with Crippen molar-refractivity contribution in [2.24, 2.45) is 0 Å². The normalized spacial score (nSPS) is 11.9. The number of aliphatic hydroxyl groups excluding tert-OH is 1. The van der Waals surface area contributed by atoms with Crippen LogP contribution in [0.3, 0.4) is 0 Å². The Kier molecular flexibility index (Phi) is 3.10. The number of benzene rings is 1. The number of nitrogens with zero attached hydrogens (tertiary/aromatic N) is 2. The molecular weight excluding hydrogens is 176 g/mol. The summed E-state index contributed by atoms with van der Waals surface area (Å²) >= 11 is 0. The minimum absolute atomic E-state index is 0.514. The molecule has 74 valence electrons. The van der Waals surface area contributed by atoms with E-state index in [1.807, 2.05) is 19.0 Å². The zero-order valence-electron chi connectivity index (χ0n) is 8.65. The third-order valence-corrected chi connectivity index (χ3v) is 2.09. The van der Waals surface area contributed by atoms with Crippen LogP contribution in [0.25, 0.3) is 0 Å². The quantitative estimate of drug-likeness (QED) is 0.771. The van der Waals surface area contributed by atoms with E-state index in [-0.39, 0.29) is 0 Å². The maximum atomic E-state index is 9.51. The first-order valence-electron chi connectivity index (χ1n) is 4.45. The van der Waals surface area contributed by atoms with Crippen molar-refractivity contribution in [3.63, 3.8) is 0 Å². The van der Waals surface area contributed by atoms with Gasteiger partial charge in [0.1, 0.15) is 0 Å². The third-order valence-electron chi connectivity index (χ3n) is 2.09. The molecule has 1 aromatic carbocycles. The molecule has 0 aliphatic heterocycles. The van der Waals surface area contributed by atoms with Crippen molar-refractivity contribution in [1.29, 1.82) is 5.26 Å². The second-order valence-corrected chi connectivity index (χ2v) is 3.46. The SMILES string of the molecule is C[C@@H](O)c1ccc(C#N)cc1N(C)C. The van der Waals surface area contributed by atoms with E-state index < -0.39 is 6.10 Å². The van der Waals surface area contributed by atoms with Crippen molar-refractivity contribution in [3.05, 3.63) is 29.3 Å². The van der Waals surface area contributed by atoms with Gasteiger partial charge in [-0.15, -0.1) is 0 Å². The lowest BCUT2D eigenvalue weighted by Gasteiger charge is -2.19. The standard InChI is InChI=1S/C11H14N2O/c1-8(14)10-5-4-9(7-12)6-11(10)13(2)3/h4-6,8,14H,1-3H3/t8-/m1/s1. The summed E-state index contributed by atoms with van der Waals surface area (Å²) in [6.45, 7) is 1.72. The molecular formula is C11H14N2O. The molecule has 14 heavy (non-hydrogen) atoms. The van der Waals surface area contributed by atoms with Gasteiger partial charge in [0.15, 0.2) is 0 Å². The van der Waals surface area contributed by atoms with Crippen LogP contribution < -0.4 is 4.90 Å². The van der Waals surface area contributed by atoms with Gasteiger partial charge in [0.25, 0.3) is 0 Å². The third kappa shape index (κ3) is 2.04. The highest BCUT2D eigenvalue weighted by atomic mass is 16.3. The minimum atomic E-state index is -0.514. The summed E-state index contributed by atoms with van der Waals surface area (Å²) in [6, 6.07) is 7.37. The van der Waals surface area contributed by atoms with Gasteiger partial charge in [-0.05, 0) is 19.1 Å². The zero-order chi connectivity index (χ0) is 10.7. The van der Waals surface area contributed by atoms with E-state index in [0.717, 1.165) is 11.3 Å². The second kappa shape index (κ2) is 4.12. The Morgan fingerprint density at radius 3 is 2.50 bits per heavy atom. The number of rotatable bonds is 2. The Bertz CT molecular complexity index is 364. The van der Waals surface area contributed by atoms with Crippen LogP contribution in [0.5, 0.6) is 0 Å². The van der Waals surface area contributed by atoms with Gasteiger partial charge < -0.3 is 10.0 Å². The molecule has 1 rings (SSSR count). The van der Waals surface area contributed by atoms with Crippen molar-refractivity contribution in [2.45, 2.75) is 13.0 Å². The highest BCUT2D eigenvalue weighted by Crippen LogP contribution is 2.25. The molecule has 0 amide bonds. The van der Waals surface area contributed by atoms with E-state index in [2.05, 4.69) is 6.07 Å². The van der Waals surface area contributed by atoms with Crippen molar-refractivity contribution < 1.29 is 5.11 Å². The Labute approximate surface area is 84.2 Å². The number of aliphatic hydroxyl groups is 1. The molecule has 0 heterocycles. The van der Waals surface area contributed by atoms with Crippen molar-refractivity contribution >= 4 is 5.69 Å². The first-order valence-corrected chi connectivity index (χ1v) is 4.45. The molecule has 0 aliphatic rings. The predicted octanol–water partition coefficient (Wildman–Crippen LogP) is 1.68. The number of hydrogen-bond acceptors (Lipinski definition) is 3. The van der Waals surface area contributed by atoms with E-state index >= 15 is 0 Å². The van der Waals surface area contributed by atoms with Gasteiger partial charge >= 0.3 is 0 Å². The molecule has 1 N–H and O–H groups in total. The molecule has 1 atom stereocenters. The molecule has 0 unspecified atom stereocenters. The van der Waals surface area contributed by atoms with Crippen LogP contribution in [-0.4, -0.2) is 19.2 Å². The lowest BCUT2D eigenvalue weighted by molar-refractivity contribution is 0.199. The summed E-state index contributed by atoms with van der Waals surface area (Å²) in [5, 5.41) is 18.2. The van der Waals surface area contributed by atoms with Crippen LogP contribution in [0.4, 0.5) is 5.69 Å². The fourth-order valence-corrected chi connectivity index (χ4v) is 1.35. The molecule has 0 spiro atoms. The van der Waals surface area contributed by atoms with E-state index in [4.69, 9.17) is 5.26 Å². The molecule has 0 aromatic heterocycles. The molecule has 0 fully saturated rings. The summed E-state index contributed by atoms with van der Waals surface area (Å²) in [5.74, 6) is 0. The number of anilines is 1. The highest BCUT2D eigenvalue weighted by Gasteiger charge is 2.09. The van der Waals surface area contributed by atoms with Crippen LogP contribution in [0, 0.1) is 11.3 Å². The molecule has 1 aromatic rings. The van der Waals surface area contributed by atoms with Gasteiger partial charge in [-0.2, -0.15) is 5.26 Å². The summed E-state index contributed by atoms with van der Waals surface area (Å²) in [7, 11) is 3.78. The first-order chi connectivity index (χ1) is 6.56. The Morgan fingerprint density at radius 1 is 1.43 bits per heavy atom. The minimum Gasteiger partial charge on any atom is -0.389 e. The Balaban J connectivity index is 3.26. The first kappa shape index (κ1) is 10.6. The lowest BCUT2D eigenvalue weighted by atomic mass is 10.0. The van der Waals surface area contributed by atoms with Gasteiger partial charge in [0.2, 0.25) is 0 Å². The highest BCUT2D eigenvalue weighted by molar-refractivity contribution is 5.57. The molecule has 0 bridgehead atoms. The fourth-order valence-electron chi connectivity index (χ4n) is 1.35. The predicted molar refractivity (Wildman–Crippen MR) is 56.1 cm³/mol. The maximum absolute atomic E-state index is 9.51. The van der Waals surface area contributed by atoms with Crippen LogP contribution in [0.15, 0.2) is 18.2 Å². The van der Waals surface area contributed by atoms with Crippen LogP contribution in [-0.2, 0) is 0 Å². The maximum Gasteiger partial charge on any atom is 0.0992 e. The Hall–Kier alpha value is -1.53. The molecule has 0 saturated carbocycles. The number of hydrogen-bond donors (Lipinski definition) is 1. The monoisotopic (exact) mass is 190 g/mol. The van der Waals surface area contributed by atoms with Crippen molar-refractivity contribution in [2.75, 3.05) is 19.0 Å². The van der Waals surface area contributed by atoms with Crippen LogP contribution in [0.2, 0.25) is 0 Å². The number of nitriles is 1. The van der Waals surface area contributed by atoms with Crippen molar-refractivity contribution in [1.82, 2.24) is 0 Å². The lowest BCUT2D eigenvalue weighted by Crippen LogP contribution is -2.12. The van der Waals surface area contributed by atoms with Gasteiger partial charge in [-0.3, -0.25) is 0 Å². The van der Waals surface area contributed by atoms with Gasteiger partial charge in [0, 0.05) is 25.3 Å². The average Bonchev–Trinajstić information content (AvgIpc) is 2.16. The summed E-state index contributed by atoms with van der Waals surface area (Å²) in [5.41, 5.74) is 2.34. The molecule has 3 heteroatoms. The van der Waals surface area contributed by atoms with Gasteiger partial charge in [0.05, 0.1) is 17.7 Å². The van der Waals surface area contributed by atoms with Crippen LogP contribution >= 0.6 is 0 Å². The Morgan fingerprint density at radius 2 is 2.07 bits per heavy atom. The summed E-state index contributed by atoms with van der Waals surface area (Å²) in [4.78, 5) is 1.89. The molecule has 3 nitrogen and oxygen atoms in total.